The molecule has 0 fully saturated rings. The zero-order valence-corrected chi connectivity index (χ0v) is 23.1. The van der Waals surface area contributed by atoms with Crippen LogP contribution in [0.2, 0.25) is 0 Å². The molecule has 0 aliphatic carbocycles. The molecule has 4 aromatic carbocycles. The first-order valence-corrected chi connectivity index (χ1v) is 13.8. The van der Waals surface area contributed by atoms with Crippen molar-refractivity contribution in [1.29, 1.82) is 10.8 Å². The molecule has 5 rings (SSSR count). The molecule has 0 spiro atoms. The molecule has 0 atom stereocenters. The van der Waals surface area contributed by atoms with Crippen molar-refractivity contribution in [3.8, 4) is 22.6 Å². The first-order chi connectivity index (χ1) is 20.4. The summed E-state index contributed by atoms with van der Waals surface area (Å²) in [6.07, 6.45) is 0.901. The van der Waals surface area contributed by atoms with Crippen molar-refractivity contribution < 1.29 is 9.21 Å². The van der Waals surface area contributed by atoms with E-state index in [1.54, 1.807) is 24.3 Å². The van der Waals surface area contributed by atoms with Crippen LogP contribution in [-0.2, 0) is 11.2 Å². The number of carbonyl (C=O) groups is 1. The number of nitrogens with two attached hydrogens (primary N) is 2. The van der Waals surface area contributed by atoms with E-state index < -0.39 is 0 Å². The molecule has 0 radical (unpaired) electrons. The van der Waals surface area contributed by atoms with Crippen molar-refractivity contribution in [2.45, 2.75) is 18.8 Å². The lowest BCUT2D eigenvalue weighted by Gasteiger charge is -2.18. The third-order valence-corrected chi connectivity index (χ3v) is 7.26. The van der Waals surface area contributed by atoms with Gasteiger partial charge in [-0.15, -0.1) is 0 Å². The summed E-state index contributed by atoms with van der Waals surface area (Å²) in [6, 6.07) is 37.0. The fraction of sp³-hybridized carbons (Fsp3) is 0.114. The van der Waals surface area contributed by atoms with E-state index in [9.17, 15) is 4.79 Å². The van der Waals surface area contributed by atoms with E-state index in [1.807, 2.05) is 66.7 Å². The fourth-order valence-corrected chi connectivity index (χ4v) is 5.05. The molecule has 1 amide bonds. The van der Waals surface area contributed by atoms with Gasteiger partial charge in [0.1, 0.15) is 23.2 Å². The Kier molecular flexibility index (Phi) is 8.58. The van der Waals surface area contributed by atoms with Gasteiger partial charge in [-0.25, -0.2) is 0 Å². The number of hydrogen-bond donors (Lipinski definition) is 5. The molecule has 7 nitrogen and oxygen atoms in total. The third kappa shape index (κ3) is 6.64. The van der Waals surface area contributed by atoms with Crippen LogP contribution in [0.15, 0.2) is 120 Å². The van der Waals surface area contributed by atoms with Crippen molar-refractivity contribution in [2.75, 3.05) is 6.54 Å². The highest BCUT2D eigenvalue weighted by Gasteiger charge is 2.19. The van der Waals surface area contributed by atoms with E-state index >= 15 is 0 Å². The number of hydrogen-bond acceptors (Lipinski definition) is 4. The van der Waals surface area contributed by atoms with Gasteiger partial charge in [-0.05, 0) is 23.6 Å². The lowest BCUT2D eigenvalue weighted by molar-refractivity contribution is -0.120. The van der Waals surface area contributed by atoms with Gasteiger partial charge in [0.15, 0.2) is 0 Å². The molecule has 210 valence electrons. The smallest absolute Gasteiger partial charge is 0.224 e. The van der Waals surface area contributed by atoms with Crippen LogP contribution in [0.1, 0.15) is 40.2 Å². The zero-order valence-electron chi connectivity index (χ0n) is 23.1. The number of furan rings is 1. The summed E-state index contributed by atoms with van der Waals surface area (Å²) in [5, 5.41) is 18.5. The van der Waals surface area contributed by atoms with E-state index in [0.29, 0.717) is 29.2 Å². The largest absolute Gasteiger partial charge is 0.456 e. The van der Waals surface area contributed by atoms with Gasteiger partial charge in [0.25, 0.3) is 0 Å². The lowest BCUT2D eigenvalue weighted by atomic mass is 9.88. The molecule has 1 aromatic heterocycles. The maximum absolute atomic E-state index is 13.2. The molecule has 7 N–H and O–H groups in total. The van der Waals surface area contributed by atoms with Crippen LogP contribution >= 0.6 is 0 Å². The highest BCUT2D eigenvalue weighted by atomic mass is 16.3. The van der Waals surface area contributed by atoms with Crippen molar-refractivity contribution in [1.82, 2.24) is 5.32 Å². The van der Waals surface area contributed by atoms with Crippen LogP contribution < -0.4 is 16.8 Å². The van der Waals surface area contributed by atoms with Crippen LogP contribution in [0, 0.1) is 10.8 Å². The van der Waals surface area contributed by atoms with Crippen LogP contribution in [0.5, 0.6) is 0 Å². The number of rotatable bonds is 11. The Morgan fingerprint density at radius 3 is 1.71 bits per heavy atom. The van der Waals surface area contributed by atoms with Crippen LogP contribution in [0.4, 0.5) is 0 Å². The number of carbonyl (C=O) groups excluding carboxylic acids is 1. The van der Waals surface area contributed by atoms with E-state index in [4.69, 9.17) is 26.7 Å². The summed E-state index contributed by atoms with van der Waals surface area (Å²) in [4.78, 5) is 13.2. The normalized spacial score (nSPS) is 10.9. The lowest BCUT2D eigenvalue weighted by Crippen LogP contribution is -2.27. The fourth-order valence-electron chi connectivity index (χ4n) is 5.05. The van der Waals surface area contributed by atoms with Crippen molar-refractivity contribution in [3.63, 3.8) is 0 Å². The van der Waals surface area contributed by atoms with Gasteiger partial charge in [0.2, 0.25) is 5.91 Å². The Labute approximate surface area is 245 Å². The summed E-state index contributed by atoms with van der Waals surface area (Å²) in [5.74, 6) is 1.23. The van der Waals surface area contributed by atoms with Crippen molar-refractivity contribution >= 4 is 17.6 Å². The Bertz CT molecular complexity index is 1640. The third-order valence-electron chi connectivity index (χ3n) is 7.26. The molecule has 0 saturated heterocycles. The second-order valence-electron chi connectivity index (χ2n) is 10.1. The topological polar surface area (TPSA) is 142 Å². The Morgan fingerprint density at radius 2 is 1.21 bits per heavy atom. The molecule has 7 heteroatoms. The van der Waals surface area contributed by atoms with E-state index in [1.165, 1.54) is 11.1 Å². The highest BCUT2D eigenvalue weighted by Crippen LogP contribution is 2.34. The Hall–Kier alpha value is -5.43. The highest BCUT2D eigenvalue weighted by molar-refractivity contribution is 5.96. The predicted molar refractivity (Wildman–Crippen MR) is 168 cm³/mol. The van der Waals surface area contributed by atoms with Gasteiger partial charge in [-0.2, -0.15) is 0 Å². The maximum Gasteiger partial charge on any atom is 0.224 e. The molecule has 0 unspecified atom stereocenters. The van der Waals surface area contributed by atoms with Gasteiger partial charge in [0.05, 0.1) is 6.42 Å². The summed E-state index contributed by atoms with van der Waals surface area (Å²) in [6.45, 7) is 0.521. The van der Waals surface area contributed by atoms with Gasteiger partial charge in [-0.1, -0.05) is 109 Å². The molecular weight excluding hydrogens is 522 g/mol. The zero-order chi connectivity index (χ0) is 29.5. The maximum atomic E-state index is 13.2. The quantitative estimate of drug-likeness (QED) is 0.0997. The second-order valence-corrected chi connectivity index (χ2v) is 10.1. The SMILES string of the molecule is N=C(N)c1ccc(-c2cc(CC(=O)NCCC(c3ccccc3)c3ccccc3)c(-c3ccc(C(=N)N)cc3)o2)cc1. The van der Waals surface area contributed by atoms with Crippen molar-refractivity contribution in [3.05, 3.63) is 143 Å². The molecular formula is C35H33N5O2. The summed E-state index contributed by atoms with van der Waals surface area (Å²) < 4.78 is 6.30. The number of nitrogen functional groups attached to an aromatic ring is 2. The number of amidine groups is 2. The summed E-state index contributed by atoms with van der Waals surface area (Å²) in [5.41, 5.74) is 17.2. The number of benzene rings is 4. The number of nitrogens with one attached hydrogen (secondary N) is 3. The van der Waals surface area contributed by atoms with Gasteiger partial charge in [0, 0.05) is 40.3 Å². The molecule has 42 heavy (non-hydrogen) atoms. The summed E-state index contributed by atoms with van der Waals surface area (Å²) >= 11 is 0. The first-order valence-electron chi connectivity index (χ1n) is 13.8. The Balaban J connectivity index is 1.35. The molecule has 1 heterocycles. The average Bonchev–Trinajstić information content (AvgIpc) is 3.43. The average molecular weight is 556 g/mol. The predicted octanol–water partition coefficient (Wildman–Crippen LogP) is 6.06. The number of amides is 1. The van der Waals surface area contributed by atoms with Gasteiger partial charge >= 0.3 is 0 Å². The molecule has 0 saturated carbocycles. The minimum Gasteiger partial charge on any atom is -0.456 e. The van der Waals surface area contributed by atoms with Crippen molar-refractivity contribution in [2.24, 2.45) is 11.5 Å². The van der Waals surface area contributed by atoms with Crippen LogP contribution in [-0.4, -0.2) is 24.1 Å². The molecule has 0 aliphatic rings. The standard InChI is InChI=1S/C35H33N5O2/c36-34(37)27-15-11-25(12-16-27)31-21-29(33(42-31)26-13-17-28(18-14-26)35(38)39)22-32(41)40-20-19-30(23-7-3-1-4-8-23)24-9-5-2-6-10-24/h1-18,21,30H,19-20,22H2,(H3,36,37)(H3,38,39)(H,40,41). The molecule has 0 aliphatic heterocycles. The van der Waals surface area contributed by atoms with Crippen LogP contribution in [0.3, 0.4) is 0 Å². The van der Waals surface area contributed by atoms with E-state index in [2.05, 4.69) is 29.6 Å². The molecule has 0 bridgehead atoms. The second kappa shape index (κ2) is 12.8. The van der Waals surface area contributed by atoms with Gasteiger partial charge < -0.3 is 21.2 Å². The first kappa shape index (κ1) is 28.1. The van der Waals surface area contributed by atoms with E-state index in [0.717, 1.165) is 23.1 Å². The van der Waals surface area contributed by atoms with Gasteiger partial charge in [-0.3, -0.25) is 15.6 Å². The Morgan fingerprint density at radius 1 is 0.714 bits per heavy atom. The van der Waals surface area contributed by atoms with Crippen LogP contribution in [0.25, 0.3) is 22.6 Å². The monoisotopic (exact) mass is 555 g/mol. The summed E-state index contributed by atoms with van der Waals surface area (Å²) in [7, 11) is 0. The molecule has 5 aromatic rings. The van der Waals surface area contributed by atoms with E-state index in [-0.39, 0.29) is 29.9 Å². The minimum atomic E-state index is -0.101. The minimum absolute atomic E-state index is 0.00799.